The zero-order chi connectivity index (χ0) is 27.9. The van der Waals surface area contributed by atoms with Crippen molar-refractivity contribution in [1.82, 2.24) is 10.1 Å². The molecular formula is C30H52N2O6. The molecule has 2 rings (SSSR count). The number of carbonyl (C=O) groups is 2. The summed E-state index contributed by atoms with van der Waals surface area (Å²) in [6, 6.07) is 0. The van der Waals surface area contributed by atoms with Crippen LogP contribution in [-0.2, 0) is 28.7 Å². The minimum atomic E-state index is -0.0986. The van der Waals surface area contributed by atoms with E-state index in [0.717, 1.165) is 64.7 Å². The fourth-order valence-corrected chi connectivity index (χ4v) is 5.63. The highest BCUT2D eigenvalue weighted by molar-refractivity contribution is 5.70. The Labute approximate surface area is 230 Å². The zero-order valence-electron chi connectivity index (χ0n) is 24.3. The number of carbonyl (C=O) groups excluding carboxylic acids is 2. The fourth-order valence-electron chi connectivity index (χ4n) is 5.63. The molecule has 2 saturated heterocycles. The molecule has 0 N–H and O–H groups in total. The molecule has 0 amide bonds. The monoisotopic (exact) mass is 536 g/mol. The van der Waals surface area contributed by atoms with Gasteiger partial charge in [-0.15, -0.1) is 13.2 Å². The standard InChI is InChI=1S/C30H52N2O6/c1-7-17-35-31-19-23(3)29(24(4)20-31)37-27(33)15-13-11-9-10-12-14-16-28(34)38-30-25(5)21-32(22-26(30)6)36-18-8-2/h7-8,23-26,29-30H,1-2,9-22H2,3-6H3. The SMILES string of the molecule is C=CCON1CC(C)C(OC(=O)CCCCCCCCC(=O)OC2C(C)CN(OCC=C)CC2C)C(C)C1. The lowest BCUT2D eigenvalue weighted by atomic mass is 9.89. The number of hydrogen-bond donors (Lipinski definition) is 0. The van der Waals surface area contributed by atoms with Gasteiger partial charge in [-0.25, -0.2) is 0 Å². The first-order valence-electron chi connectivity index (χ1n) is 14.6. The van der Waals surface area contributed by atoms with Crippen molar-refractivity contribution in [2.24, 2.45) is 23.7 Å². The van der Waals surface area contributed by atoms with Gasteiger partial charge >= 0.3 is 11.9 Å². The molecule has 2 aliphatic rings. The van der Waals surface area contributed by atoms with E-state index in [1.807, 2.05) is 10.1 Å². The molecule has 8 heteroatoms. The van der Waals surface area contributed by atoms with Crippen molar-refractivity contribution in [1.29, 1.82) is 0 Å². The van der Waals surface area contributed by atoms with Crippen LogP contribution in [0.3, 0.4) is 0 Å². The first-order chi connectivity index (χ1) is 18.2. The zero-order valence-corrected chi connectivity index (χ0v) is 24.3. The van der Waals surface area contributed by atoms with E-state index in [1.165, 1.54) is 0 Å². The topological polar surface area (TPSA) is 77.5 Å². The third-order valence-corrected chi connectivity index (χ3v) is 7.51. The molecule has 0 aliphatic carbocycles. The van der Waals surface area contributed by atoms with Gasteiger partial charge in [0.1, 0.15) is 12.2 Å². The Bertz CT molecular complexity index is 648. The fraction of sp³-hybridized carbons (Fsp3) is 0.800. The molecule has 2 heterocycles. The van der Waals surface area contributed by atoms with E-state index in [9.17, 15) is 9.59 Å². The van der Waals surface area contributed by atoms with Gasteiger partial charge in [0, 0.05) is 62.7 Å². The summed E-state index contributed by atoms with van der Waals surface area (Å²) in [6.45, 7) is 19.8. The van der Waals surface area contributed by atoms with Gasteiger partial charge in [0.05, 0.1) is 13.2 Å². The molecule has 0 aromatic carbocycles. The first-order valence-corrected chi connectivity index (χ1v) is 14.6. The van der Waals surface area contributed by atoms with Crippen LogP contribution in [0.25, 0.3) is 0 Å². The maximum atomic E-state index is 12.4. The number of piperidine rings is 2. The van der Waals surface area contributed by atoms with E-state index in [-0.39, 0.29) is 47.8 Å². The Morgan fingerprint density at radius 3 is 1.26 bits per heavy atom. The molecule has 218 valence electrons. The Balaban J connectivity index is 1.51. The van der Waals surface area contributed by atoms with Crippen LogP contribution in [-0.4, -0.2) is 73.7 Å². The van der Waals surface area contributed by atoms with Gasteiger partial charge in [-0.05, 0) is 12.8 Å². The van der Waals surface area contributed by atoms with E-state index >= 15 is 0 Å². The molecule has 0 radical (unpaired) electrons. The summed E-state index contributed by atoms with van der Waals surface area (Å²) in [6.07, 6.45) is 10.1. The number of hydrogen-bond acceptors (Lipinski definition) is 8. The van der Waals surface area contributed by atoms with Gasteiger partial charge in [0.25, 0.3) is 0 Å². The van der Waals surface area contributed by atoms with Crippen LogP contribution in [0.15, 0.2) is 25.3 Å². The average molecular weight is 537 g/mol. The quantitative estimate of drug-likeness (QED) is 0.140. The van der Waals surface area contributed by atoms with E-state index in [1.54, 1.807) is 12.2 Å². The van der Waals surface area contributed by atoms with Crippen molar-refractivity contribution in [3.63, 3.8) is 0 Å². The first kappa shape index (κ1) is 32.5. The molecular weight excluding hydrogens is 484 g/mol. The summed E-state index contributed by atoms with van der Waals surface area (Å²) >= 11 is 0. The van der Waals surface area contributed by atoms with Crippen LogP contribution in [0.2, 0.25) is 0 Å². The van der Waals surface area contributed by atoms with Gasteiger partial charge in [-0.3, -0.25) is 19.3 Å². The minimum absolute atomic E-state index is 0.0602. The molecule has 0 aromatic rings. The third kappa shape index (κ3) is 11.6. The van der Waals surface area contributed by atoms with Gasteiger partial charge in [0.15, 0.2) is 0 Å². The van der Waals surface area contributed by atoms with Gasteiger partial charge in [-0.1, -0.05) is 65.5 Å². The lowest BCUT2D eigenvalue weighted by molar-refractivity contribution is -0.206. The second kappa shape index (κ2) is 17.8. The van der Waals surface area contributed by atoms with Gasteiger partial charge in [-0.2, -0.15) is 10.1 Å². The number of nitrogens with zero attached hydrogens (tertiary/aromatic N) is 2. The molecule has 0 bridgehead atoms. The number of rotatable bonds is 17. The third-order valence-electron chi connectivity index (χ3n) is 7.51. The highest BCUT2D eigenvalue weighted by atomic mass is 16.7. The van der Waals surface area contributed by atoms with Crippen LogP contribution >= 0.6 is 0 Å². The normalized spacial score (nSPS) is 28.5. The molecule has 0 spiro atoms. The van der Waals surface area contributed by atoms with Crippen LogP contribution in [0.5, 0.6) is 0 Å². The summed E-state index contributed by atoms with van der Waals surface area (Å²) < 4.78 is 11.7. The van der Waals surface area contributed by atoms with E-state index in [4.69, 9.17) is 19.1 Å². The van der Waals surface area contributed by atoms with E-state index < -0.39 is 0 Å². The molecule has 0 saturated carbocycles. The summed E-state index contributed by atoms with van der Waals surface area (Å²) in [5.41, 5.74) is 0. The van der Waals surface area contributed by atoms with E-state index in [0.29, 0.717) is 26.1 Å². The summed E-state index contributed by atoms with van der Waals surface area (Å²) in [7, 11) is 0. The van der Waals surface area contributed by atoms with Gasteiger partial charge in [0.2, 0.25) is 0 Å². The summed E-state index contributed by atoms with van der Waals surface area (Å²) in [5.74, 6) is 0.728. The van der Waals surface area contributed by atoms with Crippen molar-refractivity contribution in [2.75, 3.05) is 39.4 Å². The van der Waals surface area contributed by atoms with Crippen LogP contribution in [0.1, 0.15) is 79.1 Å². The molecule has 8 nitrogen and oxygen atoms in total. The lowest BCUT2D eigenvalue weighted by Gasteiger charge is -2.39. The Morgan fingerprint density at radius 2 is 0.947 bits per heavy atom. The number of esters is 2. The molecule has 4 unspecified atom stereocenters. The Hall–Kier alpha value is -1.74. The summed E-state index contributed by atoms with van der Waals surface area (Å²) in [5, 5.41) is 3.90. The second-order valence-electron chi connectivity index (χ2n) is 11.3. The molecule has 0 aromatic heterocycles. The maximum absolute atomic E-state index is 12.4. The highest BCUT2D eigenvalue weighted by Gasteiger charge is 2.36. The number of ether oxygens (including phenoxy) is 2. The minimum Gasteiger partial charge on any atom is -0.462 e. The maximum Gasteiger partial charge on any atom is 0.306 e. The van der Waals surface area contributed by atoms with Gasteiger partial charge < -0.3 is 9.47 Å². The largest absolute Gasteiger partial charge is 0.462 e. The molecule has 2 aliphatic heterocycles. The van der Waals surface area contributed by atoms with Crippen LogP contribution in [0.4, 0.5) is 0 Å². The van der Waals surface area contributed by atoms with Crippen molar-refractivity contribution in [3.8, 4) is 0 Å². The Morgan fingerprint density at radius 1 is 0.632 bits per heavy atom. The average Bonchev–Trinajstić information content (AvgIpc) is 2.87. The van der Waals surface area contributed by atoms with Crippen LogP contribution in [0, 0.1) is 23.7 Å². The predicted molar refractivity (Wildman–Crippen MR) is 149 cm³/mol. The number of unbranched alkanes of at least 4 members (excludes halogenated alkanes) is 5. The predicted octanol–water partition coefficient (Wildman–Crippen LogP) is 5.34. The second-order valence-corrected chi connectivity index (χ2v) is 11.3. The van der Waals surface area contributed by atoms with Crippen molar-refractivity contribution >= 4 is 11.9 Å². The lowest BCUT2D eigenvalue weighted by Crippen LogP contribution is -2.49. The molecule has 4 atom stereocenters. The van der Waals surface area contributed by atoms with E-state index in [2.05, 4.69) is 40.9 Å². The van der Waals surface area contributed by atoms with Crippen LogP contribution < -0.4 is 0 Å². The number of hydroxylamine groups is 4. The van der Waals surface area contributed by atoms with Crippen molar-refractivity contribution in [3.05, 3.63) is 25.3 Å². The highest BCUT2D eigenvalue weighted by Crippen LogP contribution is 2.27. The van der Waals surface area contributed by atoms with Crippen molar-refractivity contribution in [2.45, 2.75) is 91.3 Å². The van der Waals surface area contributed by atoms with Crippen molar-refractivity contribution < 1.29 is 28.7 Å². The summed E-state index contributed by atoms with van der Waals surface area (Å²) in [4.78, 5) is 36.1. The Kier molecular flexibility index (Phi) is 15.2. The smallest absolute Gasteiger partial charge is 0.306 e. The molecule has 38 heavy (non-hydrogen) atoms. The molecule has 2 fully saturated rings.